The minimum atomic E-state index is 0.559. The molecule has 0 bridgehead atoms. The van der Waals surface area contributed by atoms with Crippen LogP contribution in [0.25, 0.3) is 0 Å². The van der Waals surface area contributed by atoms with Crippen LogP contribution in [0.3, 0.4) is 0 Å². The molecule has 116 valence electrons. The van der Waals surface area contributed by atoms with Crippen LogP contribution in [0, 0.1) is 0 Å². The Morgan fingerprint density at radius 2 is 1.71 bits per heavy atom. The summed E-state index contributed by atoms with van der Waals surface area (Å²) in [4.78, 5) is 7.86. The maximum Gasteiger partial charge on any atom is 0.0472 e. The van der Waals surface area contributed by atoms with E-state index in [2.05, 4.69) is 59.0 Å². The van der Waals surface area contributed by atoms with Crippen molar-refractivity contribution in [1.29, 1.82) is 0 Å². The lowest BCUT2D eigenvalue weighted by Crippen LogP contribution is -2.53. The van der Waals surface area contributed by atoms with E-state index in [1.54, 1.807) is 0 Å². The van der Waals surface area contributed by atoms with Crippen LogP contribution in [-0.2, 0) is 0 Å². The monoisotopic (exact) mass is 287 g/mol. The van der Waals surface area contributed by atoms with Gasteiger partial charge in [-0.2, -0.15) is 0 Å². The van der Waals surface area contributed by atoms with Crippen LogP contribution in [0.5, 0.6) is 0 Å². The van der Waals surface area contributed by atoms with Crippen LogP contribution in [0.15, 0.2) is 30.3 Å². The maximum atomic E-state index is 2.75. The van der Waals surface area contributed by atoms with Crippen molar-refractivity contribution in [2.75, 3.05) is 46.3 Å². The lowest BCUT2D eigenvalue weighted by molar-refractivity contribution is 0.0370. The Morgan fingerprint density at radius 3 is 2.38 bits per heavy atom. The highest BCUT2D eigenvalue weighted by molar-refractivity contribution is 5.20. The molecule has 3 nitrogen and oxygen atoms in total. The number of hydrogen-bond acceptors (Lipinski definition) is 3. The second-order valence-electron chi connectivity index (χ2n) is 6.57. The quantitative estimate of drug-likeness (QED) is 0.845. The van der Waals surface area contributed by atoms with Crippen LogP contribution in [-0.4, -0.2) is 67.1 Å². The first-order valence-electron chi connectivity index (χ1n) is 8.49. The Balaban J connectivity index is 1.63. The first kappa shape index (κ1) is 15.0. The van der Waals surface area contributed by atoms with Crippen LogP contribution >= 0.6 is 0 Å². The second-order valence-corrected chi connectivity index (χ2v) is 6.57. The summed E-state index contributed by atoms with van der Waals surface area (Å²) in [5, 5.41) is 0. The van der Waals surface area contributed by atoms with E-state index >= 15 is 0 Å². The molecule has 1 aromatic carbocycles. The molecule has 3 heteroatoms. The SMILES string of the molecule is CCN1CCC(N2CCN(C)[C@@H](c3ccccc3)C2)CC1. The minimum absolute atomic E-state index is 0.559. The number of benzene rings is 1. The molecule has 2 saturated heterocycles. The van der Waals surface area contributed by atoms with Gasteiger partial charge in [0.2, 0.25) is 0 Å². The molecule has 1 aromatic rings. The Morgan fingerprint density at radius 1 is 1.00 bits per heavy atom. The van der Waals surface area contributed by atoms with E-state index < -0.39 is 0 Å². The van der Waals surface area contributed by atoms with Gasteiger partial charge < -0.3 is 4.90 Å². The molecule has 0 spiro atoms. The van der Waals surface area contributed by atoms with Gasteiger partial charge in [-0.15, -0.1) is 0 Å². The topological polar surface area (TPSA) is 9.72 Å². The standard InChI is InChI=1S/C18H29N3/c1-3-20-11-9-17(10-12-20)21-14-13-19(2)18(15-21)16-7-5-4-6-8-16/h4-8,17-18H,3,9-15H2,1-2H3/t18-/m1/s1. The Kier molecular flexibility index (Phi) is 4.94. The van der Waals surface area contributed by atoms with E-state index in [-0.39, 0.29) is 0 Å². The predicted molar refractivity (Wildman–Crippen MR) is 88.5 cm³/mol. The summed E-state index contributed by atoms with van der Waals surface area (Å²) in [5.41, 5.74) is 1.47. The van der Waals surface area contributed by atoms with Gasteiger partial charge in [0, 0.05) is 31.7 Å². The molecule has 0 amide bonds. The Hall–Kier alpha value is -0.900. The smallest absolute Gasteiger partial charge is 0.0472 e. The number of likely N-dealkylation sites (N-methyl/N-ethyl adjacent to an activating group) is 1. The molecule has 0 aliphatic carbocycles. The van der Waals surface area contributed by atoms with Crippen molar-refractivity contribution in [3.8, 4) is 0 Å². The van der Waals surface area contributed by atoms with Crippen molar-refractivity contribution in [1.82, 2.24) is 14.7 Å². The van der Waals surface area contributed by atoms with Gasteiger partial charge in [-0.05, 0) is 45.1 Å². The average molecular weight is 287 g/mol. The van der Waals surface area contributed by atoms with E-state index in [1.165, 1.54) is 57.7 Å². The highest BCUT2D eigenvalue weighted by Gasteiger charge is 2.31. The summed E-state index contributed by atoms with van der Waals surface area (Å²) >= 11 is 0. The zero-order chi connectivity index (χ0) is 14.7. The molecule has 0 aromatic heterocycles. The molecule has 0 radical (unpaired) electrons. The lowest BCUT2D eigenvalue weighted by atomic mass is 9.98. The van der Waals surface area contributed by atoms with E-state index in [4.69, 9.17) is 0 Å². The summed E-state index contributed by atoms with van der Waals surface area (Å²) in [6.07, 6.45) is 2.69. The van der Waals surface area contributed by atoms with Gasteiger partial charge in [0.1, 0.15) is 0 Å². The van der Waals surface area contributed by atoms with Gasteiger partial charge in [-0.1, -0.05) is 37.3 Å². The van der Waals surface area contributed by atoms with E-state index in [0.29, 0.717) is 6.04 Å². The number of piperidine rings is 1. The fraction of sp³-hybridized carbons (Fsp3) is 0.667. The summed E-state index contributed by atoms with van der Waals surface area (Å²) in [6, 6.07) is 12.4. The van der Waals surface area contributed by atoms with Crippen molar-refractivity contribution in [3.05, 3.63) is 35.9 Å². The van der Waals surface area contributed by atoms with E-state index in [1.807, 2.05) is 0 Å². The molecule has 0 unspecified atom stereocenters. The number of nitrogens with zero attached hydrogens (tertiary/aromatic N) is 3. The van der Waals surface area contributed by atoms with Crippen molar-refractivity contribution in [2.45, 2.75) is 31.8 Å². The van der Waals surface area contributed by atoms with E-state index in [0.717, 1.165) is 6.04 Å². The summed E-state index contributed by atoms with van der Waals surface area (Å²) in [6.45, 7) is 9.66. The third-order valence-corrected chi connectivity index (χ3v) is 5.38. The normalized spacial score (nSPS) is 27.0. The van der Waals surface area contributed by atoms with Gasteiger partial charge in [-0.25, -0.2) is 0 Å². The third-order valence-electron chi connectivity index (χ3n) is 5.38. The summed E-state index contributed by atoms with van der Waals surface area (Å²) in [7, 11) is 2.27. The zero-order valence-electron chi connectivity index (χ0n) is 13.5. The number of rotatable bonds is 3. The van der Waals surface area contributed by atoms with Crippen LogP contribution in [0.1, 0.15) is 31.4 Å². The summed E-state index contributed by atoms with van der Waals surface area (Å²) < 4.78 is 0. The number of likely N-dealkylation sites (tertiary alicyclic amines) is 1. The van der Waals surface area contributed by atoms with Gasteiger partial charge in [0.15, 0.2) is 0 Å². The third kappa shape index (κ3) is 3.47. The highest BCUT2D eigenvalue weighted by atomic mass is 15.3. The van der Waals surface area contributed by atoms with Crippen molar-refractivity contribution in [2.24, 2.45) is 0 Å². The lowest BCUT2D eigenvalue weighted by Gasteiger charge is -2.45. The zero-order valence-corrected chi connectivity index (χ0v) is 13.5. The van der Waals surface area contributed by atoms with Crippen molar-refractivity contribution >= 4 is 0 Å². The van der Waals surface area contributed by atoms with Crippen molar-refractivity contribution < 1.29 is 0 Å². The first-order chi connectivity index (χ1) is 10.3. The molecule has 3 rings (SSSR count). The molecule has 0 N–H and O–H groups in total. The molecular formula is C18H29N3. The predicted octanol–water partition coefficient (Wildman–Crippen LogP) is 2.46. The molecule has 21 heavy (non-hydrogen) atoms. The van der Waals surface area contributed by atoms with Crippen LogP contribution < -0.4 is 0 Å². The molecule has 0 saturated carbocycles. The van der Waals surface area contributed by atoms with Gasteiger partial charge >= 0.3 is 0 Å². The second kappa shape index (κ2) is 6.91. The van der Waals surface area contributed by atoms with Gasteiger partial charge in [0.05, 0.1) is 0 Å². The molecule has 2 aliphatic heterocycles. The van der Waals surface area contributed by atoms with Crippen LogP contribution in [0.4, 0.5) is 0 Å². The van der Waals surface area contributed by atoms with Gasteiger partial charge in [0.25, 0.3) is 0 Å². The van der Waals surface area contributed by atoms with E-state index in [9.17, 15) is 0 Å². The van der Waals surface area contributed by atoms with Crippen LogP contribution in [0.2, 0.25) is 0 Å². The highest BCUT2D eigenvalue weighted by Crippen LogP contribution is 2.27. The fourth-order valence-corrected chi connectivity index (χ4v) is 3.86. The molecular weight excluding hydrogens is 258 g/mol. The van der Waals surface area contributed by atoms with Crippen molar-refractivity contribution in [3.63, 3.8) is 0 Å². The number of hydrogen-bond donors (Lipinski definition) is 0. The summed E-state index contributed by atoms with van der Waals surface area (Å²) in [5.74, 6) is 0. The number of piperazine rings is 1. The fourth-order valence-electron chi connectivity index (χ4n) is 3.86. The molecule has 2 fully saturated rings. The Labute approximate surface area is 129 Å². The largest absolute Gasteiger partial charge is 0.303 e. The molecule has 2 heterocycles. The average Bonchev–Trinajstić information content (AvgIpc) is 2.56. The molecule has 1 atom stereocenters. The minimum Gasteiger partial charge on any atom is -0.303 e. The molecule has 2 aliphatic rings. The maximum absolute atomic E-state index is 2.75. The van der Waals surface area contributed by atoms with Gasteiger partial charge in [-0.3, -0.25) is 9.80 Å². The Bertz CT molecular complexity index is 425. The first-order valence-corrected chi connectivity index (χ1v) is 8.49.